The van der Waals surface area contributed by atoms with Crippen LogP contribution in [0.3, 0.4) is 0 Å². The summed E-state index contributed by atoms with van der Waals surface area (Å²) < 4.78 is 220. The number of para-hydroxylation sites is 1. The Bertz CT molecular complexity index is 7280. The number of rotatable bonds is 21. The van der Waals surface area contributed by atoms with Gasteiger partial charge in [0.15, 0.2) is 12.3 Å². The Kier molecular flexibility index (Phi) is 29.7. The van der Waals surface area contributed by atoms with Crippen molar-refractivity contribution in [2.75, 3.05) is 111 Å². The molecule has 2 amide bonds. The number of aromatic nitrogens is 12. The van der Waals surface area contributed by atoms with Crippen molar-refractivity contribution in [2.24, 2.45) is 28.2 Å². The van der Waals surface area contributed by atoms with Gasteiger partial charge in [-0.1, -0.05) is 73.7 Å². The van der Waals surface area contributed by atoms with Gasteiger partial charge in [-0.05, 0) is 111 Å². The van der Waals surface area contributed by atoms with Gasteiger partial charge in [0.25, 0.3) is 47.4 Å². The van der Waals surface area contributed by atoms with Crippen LogP contribution in [0.25, 0.3) is 44.1 Å². The number of nitrogens with one attached hydrogen (secondary N) is 4. The number of hydrogen-bond acceptors (Lipinski definition) is 24. The molecule has 0 radical (unpaired) electrons. The number of ether oxygens (including phenoxy) is 2. The summed E-state index contributed by atoms with van der Waals surface area (Å²) in [6.07, 6.45) is 0.235. The van der Waals surface area contributed by atoms with E-state index < -0.39 is 145 Å². The number of halogens is 12. The van der Waals surface area contributed by atoms with Crippen LogP contribution in [-0.4, -0.2) is 203 Å². The zero-order valence-corrected chi connectivity index (χ0v) is 79.4. The molecule has 0 aliphatic carbocycles. The molecule has 4 aromatic carbocycles. The predicted molar refractivity (Wildman–Crippen MR) is 504 cm³/mol. The fraction of sp³-hybridized carbons (Fsp3) is 0.421. The molecule has 45 heteroatoms. The van der Waals surface area contributed by atoms with Gasteiger partial charge in [-0.3, -0.25) is 56.1 Å². The smallest absolute Gasteiger partial charge is 0.310 e. The number of likely N-dealkylation sites (tertiary alicyclic amines) is 1. The largest absolute Gasteiger partial charge is 0.486 e. The predicted octanol–water partition coefficient (Wildman–Crippen LogP) is 14.0. The highest BCUT2D eigenvalue weighted by Crippen LogP contribution is 2.47. The zero-order chi connectivity index (χ0) is 101. The molecule has 18 rings (SSSR count). The lowest BCUT2D eigenvalue weighted by molar-refractivity contribution is -0.131. The Balaban J connectivity index is 0.000000141. The van der Waals surface area contributed by atoms with Crippen molar-refractivity contribution < 1.29 is 84.4 Å². The number of carbonyl (C=O) groups is 2. The molecule has 6 aliphatic heterocycles. The first-order chi connectivity index (χ1) is 66.4. The monoisotopic (exact) mass is 1990 g/mol. The van der Waals surface area contributed by atoms with Crippen LogP contribution in [0, 0.1) is 17.5 Å². The number of amides is 2. The second-order valence-corrected chi connectivity index (χ2v) is 40.3. The molecule has 8 aromatic heterocycles. The SMILES string of the molecule is C=S1(=O)CCC(c2cc3c(N[C@H](C)c4cccc5c4OCC5(F)F)ncnc3n(C)c2=O)CC1.CCC(=O)N1CCC(c2cc3c(N[C@H](C)c4cccc(C(F)F)c4F)ncnc3n(C)c2=O)CC1.C[C@@H](Nc1ncnc2c1cc(C(=O)N1CCN3CCOCC3C1)c(=O)n2C)c1cccc(C(F)F)c1F.C[C@@H](Nc1ncnc2c1cc(C1(F)CN(S(C)(=O)=O)C1)c(=O)n2C)c1cccc(C(F)F)c1F. The third-order valence-corrected chi connectivity index (χ3v) is 29.7. The summed E-state index contributed by atoms with van der Waals surface area (Å²) in [4.78, 5) is 117. The van der Waals surface area contributed by atoms with E-state index in [0.717, 1.165) is 46.2 Å². The number of anilines is 4. The van der Waals surface area contributed by atoms with Gasteiger partial charge >= 0.3 is 5.92 Å². The van der Waals surface area contributed by atoms with Crippen LogP contribution in [-0.2, 0) is 68.9 Å². The standard InChI is InChI=1S/C25H27F3N6O3.C25H28F3N5O2.C24H26F2N4O3S.C21H21F4N5O3S/c1-14(16-4-3-5-17(20(16)26)21(27)28)31-22-18-10-19(24(35)32(2)23(18)30-13-29-22)25(36)34-7-6-33-8-9-37-12-15(33)11-34;1-4-20(34)33-10-8-15(9-11-33)18-12-19-23(29-13-30-24(19)32(3)25(18)35)31-14(2)16-6-5-7-17(21(16)26)22(27)28;1-14(16-5-4-6-19-20(16)33-12-24(19,25)26)29-21-18-11-17(15-7-9-34(3,32)10-8-15)23(31)30(2)22(18)28-13-27-21;1-11(12-5-4-6-13(16(12)22)17(23)24)28-18-14-7-15(20(31)29(2)19(14)27-10-26-18)21(25)8-30(9-21)34(3,32)33/h3-5,10,13-15,21H,6-9,11-12H2,1-2H3,(H,29,30,31);5-7,12-15,22H,4,8-11H2,1-3H3,(H,29,30,31);4-6,11,13-15H,3,7-10,12H2,1-2H3,(H,27,28,29);4-7,10-11,17H,8-9H2,1-3H3,(H,26,27,28)/t14-,15?;14-;14-,15?,34?;11-/m1111/s1. The number of piperazine rings is 1. The van der Waals surface area contributed by atoms with Gasteiger partial charge in [0.05, 0.1) is 112 Å². The van der Waals surface area contributed by atoms with Gasteiger partial charge in [0, 0.05) is 119 Å². The number of sulfonamides is 1. The van der Waals surface area contributed by atoms with E-state index in [4.69, 9.17) is 9.47 Å². The molecule has 744 valence electrons. The number of pyridine rings is 4. The summed E-state index contributed by atoms with van der Waals surface area (Å²) in [6, 6.07) is 19.9. The first kappa shape index (κ1) is 101. The summed E-state index contributed by atoms with van der Waals surface area (Å²) in [5.41, 5.74) is -2.90. The van der Waals surface area contributed by atoms with Gasteiger partial charge in [-0.25, -0.2) is 92.2 Å². The van der Waals surface area contributed by atoms with Crippen molar-refractivity contribution in [1.29, 1.82) is 0 Å². The molecule has 14 heterocycles. The van der Waals surface area contributed by atoms with Crippen LogP contribution >= 0.6 is 0 Å². The van der Waals surface area contributed by atoms with Crippen LogP contribution in [0.5, 0.6) is 5.75 Å². The molecule has 4 N–H and O–H groups in total. The van der Waals surface area contributed by atoms with Crippen molar-refractivity contribution in [3.05, 3.63) is 248 Å². The maximum atomic E-state index is 15.5. The Morgan fingerprint density at radius 3 is 1.34 bits per heavy atom. The third kappa shape index (κ3) is 20.7. The quantitative estimate of drug-likeness (QED) is 0.0383. The normalized spacial score (nSPS) is 19.0. The summed E-state index contributed by atoms with van der Waals surface area (Å²) in [5, 5.41) is 14.2. The van der Waals surface area contributed by atoms with Crippen molar-refractivity contribution in [3.8, 4) is 5.75 Å². The van der Waals surface area contributed by atoms with Crippen LogP contribution in [0.1, 0.15) is 194 Å². The van der Waals surface area contributed by atoms with Crippen molar-refractivity contribution in [3.63, 3.8) is 0 Å². The molecular formula is C95H102F12N20O11S2. The van der Waals surface area contributed by atoms with Gasteiger partial charge in [-0.2, -0.15) is 13.1 Å². The first-order valence-corrected chi connectivity index (χ1v) is 48.9. The number of nitrogens with zero attached hydrogens (tertiary/aromatic N) is 16. The van der Waals surface area contributed by atoms with E-state index in [1.807, 2.05) is 24.8 Å². The van der Waals surface area contributed by atoms with E-state index in [1.165, 1.54) is 108 Å². The topological polar surface area (TPSA) is 356 Å². The highest BCUT2D eigenvalue weighted by molar-refractivity contribution is 8.00. The first-order valence-electron chi connectivity index (χ1n) is 45.0. The number of alkyl halides is 9. The lowest BCUT2D eigenvalue weighted by Gasteiger charge is -2.43. The molecule has 12 aromatic rings. The van der Waals surface area contributed by atoms with Gasteiger partial charge in [-0.15, -0.1) is 0 Å². The van der Waals surface area contributed by atoms with E-state index in [-0.39, 0.29) is 102 Å². The fourth-order valence-electron chi connectivity index (χ4n) is 18.5. The number of aryl methyl sites for hydroxylation is 4. The maximum absolute atomic E-state index is 15.5. The molecule has 31 nitrogen and oxygen atoms in total. The summed E-state index contributed by atoms with van der Waals surface area (Å²) in [5.74, 6) is -0.118. The molecule has 0 spiro atoms. The van der Waals surface area contributed by atoms with Crippen molar-refractivity contribution >= 4 is 105 Å². The number of hydrogen-bond donors (Lipinski definition) is 4. The Labute approximate surface area is 794 Å². The number of piperidine rings is 1. The number of carbonyl (C=O) groups excluding carboxylic acids is 2. The van der Waals surface area contributed by atoms with Crippen LogP contribution in [0.4, 0.5) is 76.0 Å². The maximum Gasteiger partial charge on any atom is 0.310 e. The van der Waals surface area contributed by atoms with Crippen LogP contribution < -0.4 is 48.2 Å². The average Bonchev–Trinajstić information content (AvgIpc) is 0.800. The van der Waals surface area contributed by atoms with Gasteiger partial charge < -0.3 is 40.5 Å². The van der Waals surface area contributed by atoms with Gasteiger partial charge in [0.1, 0.15) is 99.9 Å². The summed E-state index contributed by atoms with van der Waals surface area (Å²) >= 11 is 0. The number of benzene rings is 4. The molecule has 140 heavy (non-hydrogen) atoms. The zero-order valence-electron chi connectivity index (χ0n) is 77.8. The summed E-state index contributed by atoms with van der Waals surface area (Å²) in [7, 11) is 0.514. The third-order valence-electron chi connectivity index (χ3n) is 26.5. The number of morpholine rings is 1. The minimum atomic E-state index is -3.62. The highest BCUT2D eigenvalue weighted by Gasteiger charge is 2.51. The Hall–Kier alpha value is -13.0. The lowest BCUT2D eigenvalue weighted by Crippen LogP contribution is -2.60. The van der Waals surface area contributed by atoms with E-state index in [0.29, 0.717) is 145 Å². The second kappa shape index (κ2) is 41.0. The minimum Gasteiger partial charge on any atom is -0.486 e. The molecule has 5 atom stereocenters. The van der Waals surface area contributed by atoms with Crippen molar-refractivity contribution in [1.82, 2.24) is 77.1 Å². The molecule has 6 aliphatic rings. The molecule has 0 saturated carbocycles. The molecule has 1 unspecified atom stereocenters. The molecule has 5 fully saturated rings. The van der Waals surface area contributed by atoms with E-state index >= 15 is 4.39 Å². The van der Waals surface area contributed by atoms with Crippen LogP contribution in [0.2, 0.25) is 0 Å². The molecule has 0 bridgehead atoms. The van der Waals surface area contributed by atoms with E-state index in [2.05, 4.69) is 71.9 Å². The Morgan fingerprint density at radius 1 is 0.507 bits per heavy atom. The van der Waals surface area contributed by atoms with E-state index in [1.54, 1.807) is 51.0 Å². The molecular weight excluding hydrogens is 1890 g/mol. The highest BCUT2D eigenvalue weighted by atomic mass is 32.2. The lowest BCUT2D eigenvalue weighted by atomic mass is 9.89. The minimum absolute atomic E-state index is 0.0158. The number of fused-ring (bicyclic) bond motifs is 6. The summed E-state index contributed by atoms with van der Waals surface area (Å²) in [6.45, 7) is 11.6. The van der Waals surface area contributed by atoms with Gasteiger partial charge in [0.2, 0.25) is 15.9 Å². The van der Waals surface area contributed by atoms with E-state index in [9.17, 15) is 89.7 Å². The molecule has 5 saturated heterocycles. The second-order valence-electron chi connectivity index (χ2n) is 35.6. The van der Waals surface area contributed by atoms with Crippen molar-refractivity contribution in [2.45, 2.75) is 140 Å². The Morgan fingerprint density at radius 2 is 0.900 bits per heavy atom. The average molecular weight is 1990 g/mol. The van der Waals surface area contributed by atoms with Crippen LogP contribution in [0.15, 0.2) is 142 Å². The fourth-order valence-corrected chi connectivity index (χ4v) is 21.0.